The summed E-state index contributed by atoms with van der Waals surface area (Å²) in [4.78, 5) is 18.9. The van der Waals surface area contributed by atoms with Crippen LogP contribution >= 0.6 is 11.3 Å². The van der Waals surface area contributed by atoms with Crippen molar-refractivity contribution in [3.05, 3.63) is 46.2 Å². The van der Waals surface area contributed by atoms with E-state index in [1.54, 1.807) is 12.3 Å². The zero-order valence-corrected chi connectivity index (χ0v) is 11.1. The standard InChI is InChI=1S/C13H12N2O3S/c1-9-2-4-11(10(15-9)3-5-13(16)17)18-8-12-14-6-7-19-12/h2-7H,8H2,1H3,(H,16,17). The molecule has 6 heteroatoms. The molecule has 0 amide bonds. The number of pyridine rings is 1. The summed E-state index contributed by atoms with van der Waals surface area (Å²) in [5, 5.41) is 11.4. The molecule has 1 N–H and O–H groups in total. The van der Waals surface area contributed by atoms with Gasteiger partial charge in [-0.2, -0.15) is 0 Å². The van der Waals surface area contributed by atoms with Crippen molar-refractivity contribution in [2.75, 3.05) is 0 Å². The number of ether oxygens (including phenoxy) is 1. The molecule has 0 saturated heterocycles. The van der Waals surface area contributed by atoms with Gasteiger partial charge in [-0.3, -0.25) is 0 Å². The van der Waals surface area contributed by atoms with Crippen molar-refractivity contribution < 1.29 is 14.6 Å². The average Bonchev–Trinajstić information content (AvgIpc) is 2.88. The molecule has 0 unspecified atom stereocenters. The summed E-state index contributed by atoms with van der Waals surface area (Å²) in [7, 11) is 0. The van der Waals surface area contributed by atoms with E-state index in [4.69, 9.17) is 9.84 Å². The van der Waals surface area contributed by atoms with Crippen LogP contribution in [0.2, 0.25) is 0 Å². The summed E-state index contributed by atoms with van der Waals surface area (Å²) in [6.07, 6.45) is 4.17. The zero-order valence-electron chi connectivity index (χ0n) is 10.2. The van der Waals surface area contributed by atoms with Crippen molar-refractivity contribution in [3.8, 4) is 5.75 Å². The maximum absolute atomic E-state index is 10.5. The molecule has 0 spiro atoms. The molecule has 0 saturated carbocycles. The lowest BCUT2D eigenvalue weighted by molar-refractivity contribution is -0.131. The van der Waals surface area contributed by atoms with E-state index in [2.05, 4.69) is 9.97 Å². The SMILES string of the molecule is Cc1ccc(OCc2nccs2)c(C=CC(=O)O)n1. The molecule has 0 radical (unpaired) electrons. The predicted molar refractivity (Wildman–Crippen MR) is 72.1 cm³/mol. The van der Waals surface area contributed by atoms with Gasteiger partial charge in [-0.15, -0.1) is 11.3 Å². The van der Waals surface area contributed by atoms with E-state index in [1.807, 2.05) is 18.4 Å². The molecule has 0 aliphatic rings. The lowest BCUT2D eigenvalue weighted by Gasteiger charge is -2.07. The molecule has 0 aromatic carbocycles. The second-order valence-electron chi connectivity index (χ2n) is 3.72. The highest BCUT2D eigenvalue weighted by Gasteiger charge is 2.05. The molecule has 0 bridgehead atoms. The Kier molecular flexibility index (Phi) is 4.25. The minimum atomic E-state index is -1.02. The maximum Gasteiger partial charge on any atom is 0.328 e. The van der Waals surface area contributed by atoms with Gasteiger partial charge in [0.2, 0.25) is 0 Å². The van der Waals surface area contributed by atoms with Gasteiger partial charge in [-0.1, -0.05) is 0 Å². The first-order valence-corrected chi connectivity index (χ1v) is 6.43. The van der Waals surface area contributed by atoms with E-state index >= 15 is 0 Å². The van der Waals surface area contributed by atoms with Crippen molar-refractivity contribution in [1.82, 2.24) is 9.97 Å². The van der Waals surface area contributed by atoms with Crippen LogP contribution in [-0.4, -0.2) is 21.0 Å². The average molecular weight is 276 g/mol. The fourth-order valence-corrected chi connectivity index (χ4v) is 1.95. The second-order valence-corrected chi connectivity index (χ2v) is 4.70. The Morgan fingerprint density at radius 1 is 1.53 bits per heavy atom. The summed E-state index contributed by atoms with van der Waals surface area (Å²) >= 11 is 1.50. The van der Waals surface area contributed by atoms with Crippen LogP contribution in [-0.2, 0) is 11.4 Å². The van der Waals surface area contributed by atoms with Crippen molar-refractivity contribution in [2.24, 2.45) is 0 Å². The highest BCUT2D eigenvalue weighted by molar-refractivity contribution is 7.09. The summed E-state index contributed by atoms with van der Waals surface area (Å²) in [5.74, 6) is -0.479. The molecule has 0 fully saturated rings. The minimum Gasteiger partial charge on any atom is -0.484 e. The first-order valence-electron chi connectivity index (χ1n) is 5.55. The molecule has 2 heterocycles. The van der Waals surface area contributed by atoms with Gasteiger partial charge in [-0.05, 0) is 25.1 Å². The van der Waals surface area contributed by atoms with Crippen LogP contribution in [0.4, 0.5) is 0 Å². The molecule has 2 aromatic heterocycles. The highest BCUT2D eigenvalue weighted by Crippen LogP contribution is 2.20. The van der Waals surface area contributed by atoms with Gasteiger partial charge >= 0.3 is 5.97 Å². The quantitative estimate of drug-likeness (QED) is 0.849. The Morgan fingerprint density at radius 2 is 2.37 bits per heavy atom. The number of aliphatic carboxylic acids is 1. The van der Waals surface area contributed by atoms with Crippen LogP contribution in [0.25, 0.3) is 6.08 Å². The molecule has 19 heavy (non-hydrogen) atoms. The first kappa shape index (κ1) is 13.2. The van der Waals surface area contributed by atoms with Gasteiger partial charge in [0, 0.05) is 23.3 Å². The van der Waals surface area contributed by atoms with E-state index in [0.717, 1.165) is 16.8 Å². The number of thiazole rings is 1. The van der Waals surface area contributed by atoms with Gasteiger partial charge in [-0.25, -0.2) is 14.8 Å². The van der Waals surface area contributed by atoms with Gasteiger partial charge in [0.1, 0.15) is 23.1 Å². The van der Waals surface area contributed by atoms with Crippen LogP contribution in [0, 0.1) is 6.92 Å². The zero-order chi connectivity index (χ0) is 13.7. The predicted octanol–water partition coefficient (Wildman–Crippen LogP) is 2.52. The number of nitrogens with zero attached hydrogens (tertiary/aromatic N) is 2. The Balaban J connectivity index is 2.16. The molecule has 0 aliphatic carbocycles. The number of aryl methyl sites for hydroxylation is 1. The molecule has 0 aliphatic heterocycles. The molecule has 98 valence electrons. The molecule has 2 aromatic rings. The molecule has 0 atom stereocenters. The molecular weight excluding hydrogens is 264 g/mol. The normalized spacial score (nSPS) is 10.8. The Labute approximate surface area is 114 Å². The summed E-state index contributed by atoms with van der Waals surface area (Å²) in [6.45, 7) is 2.18. The van der Waals surface area contributed by atoms with Crippen LogP contribution in [0.3, 0.4) is 0 Å². The Bertz CT molecular complexity index is 594. The van der Waals surface area contributed by atoms with Crippen LogP contribution in [0.15, 0.2) is 29.8 Å². The number of carboxylic acids is 1. The van der Waals surface area contributed by atoms with E-state index in [9.17, 15) is 4.79 Å². The molecular formula is C13H12N2O3S. The highest BCUT2D eigenvalue weighted by atomic mass is 32.1. The third-order valence-electron chi connectivity index (χ3n) is 2.24. The van der Waals surface area contributed by atoms with Gasteiger partial charge < -0.3 is 9.84 Å². The number of hydrogen-bond donors (Lipinski definition) is 1. The van der Waals surface area contributed by atoms with E-state index in [1.165, 1.54) is 17.4 Å². The molecule has 2 rings (SSSR count). The Morgan fingerprint density at radius 3 is 3.05 bits per heavy atom. The topological polar surface area (TPSA) is 72.3 Å². The smallest absolute Gasteiger partial charge is 0.328 e. The summed E-state index contributed by atoms with van der Waals surface area (Å²) < 4.78 is 5.61. The molecule has 5 nitrogen and oxygen atoms in total. The summed E-state index contributed by atoms with van der Waals surface area (Å²) in [5.41, 5.74) is 1.30. The fourth-order valence-electron chi connectivity index (χ4n) is 1.42. The fraction of sp³-hybridized carbons (Fsp3) is 0.154. The van der Waals surface area contributed by atoms with Gasteiger partial charge in [0.15, 0.2) is 0 Å². The third kappa shape index (κ3) is 3.89. The lowest BCUT2D eigenvalue weighted by atomic mass is 10.2. The lowest BCUT2D eigenvalue weighted by Crippen LogP contribution is -1.99. The van der Waals surface area contributed by atoms with E-state index in [-0.39, 0.29) is 0 Å². The summed E-state index contributed by atoms with van der Waals surface area (Å²) in [6, 6.07) is 3.59. The minimum absolute atomic E-state index is 0.344. The van der Waals surface area contributed by atoms with Crippen molar-refractivity contribution in [1.29, 1.82) is 0 Å². The maximum atomic E-state index is 10.5. The first-order chi connectivity index (χ1) is 9.15. The van der Waals surface area contributed by atoms with E-state index in [0.29, 0.717) is 18.1 Å². The van der Waals surface area contributed by atoms with Gasteiger partial charge in [0.05, 0.1) is 0 Å². The largest absolute Gasteiger partial charge is 0.484 e. The Hall–Kier alpha value is -2.21. The van der Waals surface area contributed by atoms with Gasteiger partial charge in [0.25, 0.3) is 0 Å². The number of carboxylic acid groups (broad SMARTS) is 1. The second kappa shape index (κ2) is 6.10. The number of carbonyl (C=O) groups is 1. The van der Waals surface area contributed by atoms with Crippen molar-refractivity contribution in [3.63, 3.8) is 0 Å². The monoisotopic (exact) mass is 276 g/mol. The van der Waals surface area contributed by atoms with Crippen LogP contribution < -0.4 is 4.74 Å². The van der Waals surface area contributed by atoms with Crippen molar-refractivity contribution >= 4 is 23.4 Å². The number of aromatic nitrogens is 2. The third-order valence-corrected chi connectivity index (χ3v) is 3.00. The number of hydrogen-bond acceptors (Lipinski definition) is 5. The van der Waals surface area contributed by atoms with Crippen LogP contribution in [0.1, 0.15) is 16.4 Å². The number of rotatable bonds is 5. The van der Waals surface area contributed by atoms with E-state index < -0.39 is 5.97 Å². The van der Waals surface area contributed by atoms with Crippen LogP contribution in [0.5, 0.6) is 5.75 Å². The van der Waals surface area contributed by atoms with Crippen molar-refractivity contribution in [2.45, 2.75) is 13.5 Å².